The molecule has 0 spiro atoms. The molecule has 1 aliphatic heterocycles. The van der Waals surface area contributed by atoms with Gasteiger partial charge in [0.15, 0.2) is 0 Å². The molecule has 2 atom stereocenters. The Morgan fingerprint density at radius 3 is 2.29 bits per heavy atom. The number of nitrogen functional groups attached to an aromatic ring is 1. The van der Waals surface area contributed by atoms with Crippen molar-refractivity contribution >= 4 is 21.4 Å². The summed E-state index contributed by atoms with van der Waals surface area (Å²) in [5, 5.41) is 0. The van der Waals surface area contributed by atoms with Gasteiger partial charge in [-0.1, -0.05) is 0 Å². The monoisotopic (exact) mass is 312 g/mol. The largest absolute Gasteiger partial charge is 0.397 e. The zero-order valence-electron chi connectivity index (χ0n) is 13.0. The molecule has 1 fully saturated rings. The van der Waals surface area contributed by atoms with Crippen molar-refractivity contribution in [1.29, 1.82) is 0 Å². The smallest absolute Gasteiger partial charge is 0.240 e. The number of nitrogens with one attached hydrogen (secondary N) is 1. The molecule has 0 saturated carbocycles. The van der Waals surface area contributed by atoms with Gasteiger partial charge >= 0.3 is 0 Å². The molecule has 1 heterocycles. The summed E-state index contributed by atoms with van der Waals surface area (Å²) < 4.78 is 25.9. The highest BCUT2D eigenvalue weighted by atomic mass is 32.2. The van der Waals surface area contributed by atoms with Crippen molar-refractivity contribution in [3.8, 4) is 0 Å². The van der Waals surface area contributed by atoms with Gasteiger partial charge in [0.05, 0.1) is 16.3 Å². The lowest BCUT2D eigenvalue weighted by Crippen LogP contribution is -2.55. The van der Waals surface area contributed by atoms with Gasteiger partial charge in [-0.15, -0.1) is 0 Å². The SMILES string of the molecule is CNS(=O)(=O)c1ccc(N2CC(C)N(C)C(C)C2)c(N)c1. The third kappa shape index (κ3) is 3.14. The number of sulfonamides is 1. The van der Waals surface area contributed by atoms with Crippen molar-refractivity contribution in [3.05, 3.63) is 18.2 Å². The lowest BCUT2D eigenvalue weighted by molar-refractivity contribution is 0.170. The predicted octanol–water partition coefficient (Wildman–Crippen LogP) is 0.706. The maximum atomic E-state index is 11.8. The molecule has 0 bridgehead atoms. The van der Waals surface area contributed by atoms with Crippen LogP contribution in [0.4, 0.5) is 11.4 Å². The molecule has 1 saturated heterocycles. The van der Waals surface area contributed by atoms with Gasteiger partial charge in [-0.05, 0) is 46.1 Å². The summed E-state index contributed by atoms with van der Waals surface area (Å²) in [5.74, 6) is 0. The maximum absolute atomic E-state index is 11.8. The molecule has 1 aromatic carbocycles. The van der Waals surface area contributed by atoms with Crippen LogP contribution in [0.25, 0.3) is 0 Å². The molecular formula is C14H24N4O2S. The molecule has 3 N–H and O–H groups in total. The molecule has 0 aromatic heterocycles. The summed E-state index contributed by atoms with van der Waals surface area (Å²) in [6.45, 7) is 6.11. The van der Waals surface area contributed by atoms with E-state index >= 15 is 0 Å². The van der Waals surface area contributed by atoms with E-state index in [1.807, 2.05) is 0 Å². The average molecular weight is 312 g/mol. The lowest BCUT2D eigenvalue weighted by atomic mass is 10.1. The number of benzene rings is 1. The quantitative estimate of drug-likeness (QED) is 0.804. The average Bonchev–Trinajstić information content (AvgIpc) is 2.44. The first-order valence-corrected chi connectivity index (χ1v) is 8.54. The van der Waals surface area contributed by atoms with Crippen LogP contribution in [0.5, 0.6) is 0 Å². The minimum absolute atomic E-state index is 0.196. The van der Waals surface area contributed by atoms with Crippen LogP contribution in [0.15, 0.2) is 23.1 Å². The molecule has 118 valence electrons. The second-order valence-electron chi connectivity index (χ2n) is 5.70. The standard InChI is InChI=1S/C14H24N4O2S/c1-10-8-18(9-11(2)17(10)4)14-6-5-12(7-13(14)15)21(19,20)16-3/h5-7,10-11,16H,8-9,15H2,1-4H3. The topological polar surface area (TPSA) is 78.7 Å². The number of likely N-dealkylation sites (N-methyl/N-ethyl adjacent to an activating group) is 1. The van der Waals surface area contributed by atoms with Crippen LogP contribution in [0, 0.1) is 0 Å². The molecule has 0 aliphatic carbocycles. The number of rotatable bonds is 3. The van der Waals surface area contributed by atoms with Crippen LogP contribution in [0.1, 0.15) is 13.8 Å². The Hall–Kier alpha value is -1.31. The molecule has 6 nitrogen and oxygen atoms in total. The highest BCUT2D eigenvalue weighted by Gasteiger charge is 2.27. The fraction of sp³-hybridized carbons (Fsp3) is 0.571. The van der Waals surface area contributed by atoms with Gasteiger partial charge in [-0.25, -0.2) is 13.1 Å². The van der Waals surface area contributed by atoms with Gasteiger partial charge < -0.3 is 10.6 Å². The first-order chi connectivity index (χ1) is 9.76. The first-order valence-electron chi connectivity index (χ1n) is 7.06. The van der Waals surface area contributed by atoms with Gasteiger partial charge in [0.1, 0.15) is 0 Å². The molecule has 1 aliphatic rings. The third-order valence-corrected chi connectivity index (χ3v) is 5.69. The Kier molecular flexibility index (Phi) is 4.46. The van der Waals surface area contributed by atoms with Crippen LogP contribution in [0.3, 0.4) is 0 Å². The van der Waals surface area contributed by atoms with Crippen LogP contribution in [0.2, 0.25) is 0 Å². The number of nitrogens with two attached hydrogens (primary N) is 1. The van der Waals surface area contributed by atoms with Crippen LogP contribution in [-0.4, -0.2) is 52.6 Å². The van der Waals surface area contributed by atoms with Crippen LogP contribution in [-0.2, 0) is 10.0 Å². The van der Waals surface area contributed by atoms with E-state index in [-0.39, 0.29) is 4.90 Å². The second kappa shape index (κ2) is 5.82. The Balaban J connectivity index is 2.30. The summed E-state index contributed by atoms with van der Waals surface area (Å²) in [6, 6.07) is 5.77. The highest BCUT2D eigenvalue weighted by molar-refractivity contribution is 7.89. The normalized spacial score (nSPS) is 24.3. The Bertz CT molecular complexity index is 605. The van der Waals surface area contributed by atoms with Gasteiger partial charge in [0.2, 0.25) is 10.0 Å². The summed E-state index contributed by atoms with van der Waals surface area (Å²) in [7, 11) is 0.0605. The van der Waals surface area contributed by atoms with E-state index in [9.17, 15) is 8.42 Å². The van der Waals surface area contributed by atoms with Gasteiger partial charge in [0, 0.05) is 25.2 Å². The minimum Gasteiger partial charge on any atom is -0.397 e. The molecule has 1 aromatic rings. The van der Waals surface area contributed by atoms with Crippen molar-refractivity contribution in [2.24, 2.45) is 0 Å². The van der Waals surface area contributed by atoms with E-state index in [1.165, 1.54) is 13.1 Å². The molecule has 2 unspecified atom stereocenters. The summed E-state index contributed by atoms with van der Waals surface area (Å²) in [5.41, 5.74) is 7.48. The van der Waals surface area contributed by atoms with Gasteiger partial charge in [-0.3, -0.25) is 4.90 Å². The molecule has 0 radical (unpaired) electrons. The Morgan fingerprint density at radius 1 is 1.24 bits per heavy atom. The Morgan fingerprint density at radius 2 is 1.81 bits per heavy atom. The van der Waals surface area contributed by atoms with E-state index in [1.54, 1.807) is 12.1 Å². The summed E-state index contributed by atoms with van der Waals surface area (Å²) >= 11 is 0. The molecule has 0 amide bonds. The number of hydrogen-bond acceptors (Lipinski definition) is 5. The second-order valence-corrected chi connectivity index (χ2v) is 7.58. The van der Waals surface area contributed by atoms with Crippen LogP contribution >= 0.6 is 0 Å². The van der Waals surface area contributed by atoms with Gasteiger partial charge in [-0.2, -0.15) is 0 Å². The molecule has 21 heavy (non-hydrogen) atoms. The van der Waals surface area contributed by atoms with Crippen LogP contribution < -0.4 is 15.4 Å². The number of hydrogen-bond donors (Lipinski definition) is 2. The van der Waals surface area contributed by atoms with Crippen molar-refractivity contribution in [2.45, 2.75) is 30.8 Å². The maximum Gasteiger partial charge on any atom is 0.240 e. The minimum atomic E-state index is -3.46. The fourth-order valence-electron chi connectivity index (χ4n) is 2.71. The molecule has 2 rings (SSSR count). The van der Waals surface area contributed by atoms with Crippen molar-refractivity contribution in [2.75, 3.05) is 37.8 Å². The highest BCUT2D eigenvalue weighted by Crippen LogP contribution is 2.29. The van der Waals surface area contributed by atoms with E-state index in [0.717, 1.165) is 18.8 Å². The van der Waals surface area contributed by atoms with E-state index in [2.05, 4.69) is 35.4 Å². The van der Waals surface area contributed by atoms with Crippen molar-refractivity contribution in [1.82, 2.24) is 9.62 Å². The van der Waals surface area contributed by atoms with E-state index in [0.29, 0.717) is 17.8 Å². The van der Waals surface area contributed by atoms with E-state index < -0.39 is 10.0 Å². The first kappa shape index (κ1) is 16.1. The third-order valence-electron chi connectivity index (χ3n) is 4.28. The predicted molar refractivity (Wildman–Crippen MR) is 86.0 cm³/mol. The Labute approximate surface area is 127 Å². The summed E-state index contributed by atoms with van der Waals surface area (Å²) in [4.78, 5) is 4.76. The molecule has 7 heteroatoms. The van der Waals surface area contributed by atoms with E-state index in [4.69, 9.17) is 5.73 Å². The number of piperazine rings is 1. The zero-order valence-corrected chi connectivity index (χ0v) is 13.8. The van der Waals surface area contributed by atoms with Crippen molar-refractivity contribution in [3.63, 3.8) is 0 Å². The zero-order chi connectivity index (χ0) is 15.8. The molecular weight excluding hydrogens is 288 g/mol. The van der Waals surface area contributed by atoms with Crippen molar-refractivity contribution < 1.29 is 8.42 Å². The number of anilines is 2. The lowest BCUT2D eigenvalue weighted by Gasteiger charge is -2.43. The van der Waals surface area contributed by atoms with Gasteiger partial charge in [0.25, 0.3) is 0 Å². The summed E-state index contributed by atoms with van der Waals surface area (Å²) in [6.07, 6.45) is 0. The number of nitrogens with zero attached hydrogens (tertiary/aromatic N) is 2. The fourth-order valence-corrected chi connectivity index (χ4v) is 3.47.